The van der Waals surface area contributed by atoms with E-state index in [1.54, 1.807) is 0 Å². The van der Waals surface area contributed by atoms with Gasteiger partial charge in [-0.1, -0.05) is 24.3 Å². The molecule has 0 radical (unpaired) electrons. The summed E-state index contributed by atoms with van der Waals surface area (Å²) in [6.07, 6.45) is 3.98. The van der Waals surface area contributed by atoms with Gasteiger partial charge in [0.25, 0.3) is 0 Å². The predicted molar refractivity (Wildman–Crippen MR) is 81.1 cm³/mol. The molecule has 0 spiro atoms. The number of rotatable bonds is 8. The molecule has 0 aromatic heterocycles. The second-order valence-corrected chi connectivity index (χ2v) is 4.81. The molecule has 0 heterocycles. The predicted octanol–water partition coefficient (Wildman–Crippen LogP) is 3.06. The van der Waals surface area contributed by atoms with Gasteiger partial charge >= 0.3 is 5.97 Å². The number of carbonyl (C=O) groups is 1. The number of likely N-dealkylation sites (N-methyl/N-ethyl adjacent to an activating group) is 1. The van der Waals surface area contributed by atoms with Crippen LogP contribution in [0.3, 0.4) is 0 Å². The van der Waals surface area contributed by atoms with E-state index in [0.29, 0.717) is 6.04 Å². The molecule has 0 bridgehead atoms. The Hall–Kier alpha value is -1.06. The number of aliphatic carboxylic acids is 1. The van der Waals surface area contributed by atoms with Gasteiger partial charge < -0.3 is 10.4 Å². The molecule has 0 saturated heterocycles. The number of aryl methyl sites for hydroxylation is 1. The van der Waals surface area contributed by atoms with Gasteiger partial charge in [0.05, 0.1) is 0 Å². The van der Waals surface area contributed by atoms with Crippen LogP contribution < -0.4 is 5.32 Å². The summed E-state index contributed by atoms with van der Waals surface area (Å²) in [5.41, 5.74) is 2.63. The summed E-state index contributed by atoms with van der Waals surface area (Å²) in [5, 5.41) is 11.8. The smallest absolute Gasteiger partial charge is 0.303 e. The molecule has 1 unspecified atom stereocenters. The first-order chi connectivity index (χ1) is 8.61. The number of hydrogen-bond acceptors (Lipinski definition) is 2. The van der Waals surface area contributed by atoms with Crippen molar-refractivity contribution < 1.29 is 9.90 Å². The Kier molecular flexibility index (Phi) is 9.27. The van der Waals surface area contributed by atoms with E-state index in [2.05, 4.69) is 36.5 Å². The zero-order valence-electron chi connectivity index (χ0n) is 11.7. The van der Waals surface area contributed by atoms with Crippen LogP contribution in [-0.4, -0.2) is 24.2 Å². The third-order valence-corrected chi connectivity index (χ3v) is 3.16. The third kappa shape index (κ3) is 7.85. The molecule has 19 heavy (non-hydrogen) atoms. The Bertz CT molecular complexity index is 365. The van der Waals surface area contributed by atoms with Gasteiger partial charge in [0.1, 0.15) is 0 Å². The third-order valence-electron chi connectivity index (χ3n) is 3.16. The second-order valence-electron chi connectivity index (χ2n) is 4.81. The van der Waals surface area contributed by atoms with Gasteiger partial charge in [-0.3, -0.25) is 4.79 Å². The highest BCUT2D eigenvalue weighted by Crippen LogP contribution is 2.10. The van der Waals surface area contributed by atoms with E-state index in [9.17, 15) is 4.79 Å². The lowest BCUT2D eigenvalue weighted by Crippen LogP contribution is -2.23. The molecule has 1 atom stereocenters. The van der Waals surface area contributed by atoms with E-state index in [0.717, 1.165) is 25.7 Å². The molecule has 0 aliphatic heterocycles. The van der Waals surface area contributed by atoms with Crippen molar-refractivity contribution >= 4 is 18.4 Å². The van der Waals surface area contributed by atoms with Crippen LogP contribution >= 0.6 is 12.4 Å². The first-order valence-electron chi connectivity index (χ1n) is 6.58. The number of carboxylic acids is 1. The Morgan fingerprint density at radius 2 is 1.79 bits per heavy atom. The lowest BCUT2D eigenvalue weighted by Gasteiger charge is -2.10. The molecule has 4 heteroatoms. The minimum atomic E-state index is -0.702. The summed E-state index contributed by atoms with van der Waals surface area (Å²) >= 11 is 0. The van der Waals surface area contributed by atoms with Gasteiger partial charge in [0.15, 0.2) is 0 Å². The highest BCUT2D eigenvalue weighted by molar-refractivity contribution is 5.85. The number of carboxylic acid groups (broad SMARTS) is 1. The molecule has 0 fully saturated rings. The normalized spacial score (nSPS) is 11.7. The highest BCUT2D eigenvalue weighted by Gasteiger charge is 2.01. The summed E-state index contributed by atoms with van der Waals surface area (Å²) in [4.78, 5) is 10.4. The molecule has 3 nitrogen and oxygen atoms in total. The van der Waals surface area contributed by atoms with Crippen LogP contribution in [0.25, 0.3) is 0 Å². The van der Waals surface area contributed by atoms with Gasteiger partial charge in [-0.2, -0.15) is 0 Å². The van der Waals surface area contributed by atoms with E-state index in [-0.39, 0.29) is 18.8 Å². The zero-order valence-corrected chi connectivity index (χ0v) is 12.5. The molecule has 0 saturated carbocycles. The Morgan fingerprint density at radius 1 is 1.21 bits per heavy atom. The van der Waals surface area contributed by atoms with Gasteiger partial charge in [-0.25, -0.2) is 0 Å². The van der Waals surface area contributed by atoms with Crippen LogP contribution in [0.4, 0.5) is 0 Å². The minimum Gasteiger partial charge on any atom is -0.481 e. The van der Waals surface area contributed by atoms with E-state index >= 15 is 0 Å². The van der Waals surface area contributed by atoms with Crippen molar-refractivity contribution in [1.82, 2.24) is 5.32 Å². The lowest BCUT2D eigenvalue weighted by molar-refractivity contribution is -0.137. The Labute approximate surface area is 121 Å². The number of unbranched alkanes of at least 4 members (excludes halogenated alkanes) is 1. The van der Waals surface area contributed by atoms with Gasteiger partial charge in [0, 0.05) is 12.5 Å². The first-order valence-corrected chi connectivity index (χ1v) is 6.58. The summed E-state index contributed by atoms with van der Waals surface area (Å²) in [6.45, 7) is 2.17. The van der Waals surface area contributed by atoms with Crippen molar-refractivity contribution in [3.05, 3.63) is 35.4 Å². The molecule has 1 aromatic rings. The van der Waals surface area contributed by atoms with Crippen molar-refractivity contribution in [2.45, 2.75) is 45.1 Å². The molecular formula is C15H24ClNO2. The molecule has 2 N–H and O–H groups in total. The SMILES string of the molecule is CNC(C)Cc1ccc(CCCCC(=O)O)cc1.Cl. The fourth-order valence-electron chi connectivity index (χ4n) is 1.90. The standard InChI is InChI=1S/C15H23NO2.ClH/c1-12(16-2)11-14-9-7-13(8-10-14)5-3-4-6-15(17)18;/h7-10,12,16H,3-6,11H2,1-2H3,(H,17,18);1H. The lowest BCUT2D eigenvalue weighted by atomic mass is 10.0. The minimum absolute atomic E-state index is 0. The maximum Gasteiger partial charge on any atom is 0.303 e. The summed E-state index contributed by atoms with van der Waals surface area (Å²) in [5.74, 6) is -0.702. The van der Waals surface area contributed by atoms with E-state index in [1.165, 1.54) is 11.1 Å². The van der Waals surface area contributed by atoms with Gasteiger partial charge in [0.2, 0.25) is 0 Å². The molecule has 1 aromatic carbocycles. The highest BCUT2D eigenvalue weighted by atomic mass is 35.5. The quantitative estimate of drug-likeness (QED) is 0.722. The molecule has 1 rings (SSSR count). The van der Waals surface area contributed by atoms with Crippen molar-refractivity contribution in [3.8, 4) is 0 Å². The summed E-state index contributed by atoms with van der Waals surface area (Å²) < 4.78 is 0. The number of hydrogen-bond donors (Lipinski definition) is 2. The van der Waals surface area contributed by atoms with Crippen molar-refractivity contribution in [2.24, 2.45) is 0 Å². The summed E-state index contributed by atoms with van der Waals surface area (Å²) in [7, 11) is 1.97. The number of nitrogens with one attached hydrogen (secondary N) is 1. The molecule has 0 aliphatic carbocycles. The molecule has 108 valence electrons. The van der Waals surface area contributed by atoms with Crippen LogP contribution in [0, 0.1) is 0 Å². The first kappa shape index (κ1) is 17.9. The monoisotopic (exact) mass is 285 g/mol. The van der Waals surface area contributed by atoms with Gasteiger partial charge in [-0.15, -0.1) is 12.4 Å². The van der Waals surface area contributed by atoms with Crippen LogP contribution in [0.15, 0.2) is 24.3 Å². The van der Waals surface area contributed by atoms with E-state index in [1.807, 2.05) is 7.05 Å². The van der Waals surface area contributed by atoms with Crippen LogP contribution in [0.1, 0.15) is 37.3 Å². The van der Waals surface area contributed by atoms with Crippen molar-refractivity contribution in [2.75, 3.05) is 7.05 Å². The average Bonchev–Trinajstić information content (AvgIpc) is 2.36. The van der Waals surface area contributed by atoms with Crippen molar-refractivity contribution in [3.63, 3.8) is 0 Å². The number of benzene rings is 1. The zero-order chi connectivity index (χ0) is 13.4. The van der Waals surface area contributed by atoms with Crippen LogP contribution in [0.2, 0.25) is 0 Å². The van der Waals surface area contributed by atoms with E-state index < -0.39 is 5.97 Å². The molecule has 0 amide bonds. The second kappa shape index (κ2) is 9.82. The molecule has 0 aliphatic rings. The average molecular weight is 286 g/mol. The fraction of sp³-hybridized carbons (Fsp3) is 0.533. The molecular weight excluding hydrogens is 262 g/mol. The summed E-state index contributed by atoms with van der Waals surface area (Å²) in [6, 6.07) is 9.13. The van der Waals surface area contributed by atoms with Crippen LogP contribution in [-0.2, 0) is 17.6 Å². The Morgan fingerprint density at radius 3 is 2.32 bits per heavy atom. The van der Waals surface area contributed by atoms with Crippen LogP contribution in [0.5, 0.6) is 0 Å². The largest absolute Gasteiger partial charge is 0.481 e. The van der Waals surface area contributed by atoms with E-state index in [4.69, 9.17) is 5.11 Å². The maximum atomic E-state index is 10.4. The van der Waals surface area contributed by atoms with Crippen molar-refractivity contribution in [1.29, 1.82) is 0 Å². The fourth-order valence-corrected chi connectivity index (χ4v) is 1.90. The Balaban J connectivity index is 0.00000324. The van der Waals surface area contributed by atoms with Gasteiger partial charge in [-0.05, 0) is 50.8 Å². The topological polar surface area (TPSA) is 49.3 Å². The number of halogens is 1. The maximum absolute atomic E-state index is 10.4.